The monoisotopic (exact) mass is 307 g/mol. The summed E-state index contributed by atoms with van der Waals surface area (Å²) in [6.45, 7) is 3.74. The van der Waals surface area contributed by atoms with Crippen LogP contribution in [0.2, 0.25) is 0 Å². The Balaban J connectivity index is 1.53. The van der Waals surface area contributed by atoms with Gasteiger partial charge in [0.2, 0.25) is 0 Å². The summed E-state index contributed by atoms with van der Waals surface area (Å²) in [6.07, 6.45) is 6.12. The van der Waals surface area contributed by atoms with Crippen LogP contribution in [0.4, 0.5) is 11.6 Å². The SMILES string of the molecule is c1cnnc(N2CCCN(c3ccc4nccnc4n3)CC2)c1. The molecule has 7 heteroatoms. The molecule has 1 fully saturated rings. The number of hydrogen-bond donors (Lipinski definition) is 0. The van der Waals surface area contributed by atoms with Crippen molar-refractivity contribution in [2.75, 3.05) is 36.0 Å². The average molecular weight is 307 g/mol. The zero-order chi connectivity index (χ0) is 15.5. The molecule has 0 radical (unpaired) electrons. The van der Waals surface area contributed by atoms with E-state index in [1.807, 2.05) is 24.3 Å². The predicted molar refractivity (Wildman–Crippen MR) is 88.4 cm³/mol. The molecule has 4 heterocycles. The van der Waals surface area contributed by atoms with Gasteiger partial charge in [0.05, 0.1) is 0 Å². The van der Waals surface area contributed by atoms with Crippen molar-refractivity contribution < 1.29 is 0 Å². The fraction of sp³-hybridized carbons (Fsp3) is 0.312. The topological polar surface area (TPSA) is 70.9 Å². The zero-order valence-electron chi connectivity index (χ0n) is 12.7. The number of nitrogens with zero attached hydrogens (tertiary/aromatic N) is 7. The van der Waals surface area contributed by atoms with Gasteiger partial charge >= 0.3 is 0 Å². The summed E-state index contributed by atoms with van der Waals surface area (Å²) in [5, 5.41) is 8.18. The number of hydrogen-bond acceptors (Lipinski definition) is 7. The van der Waals surface area contributed by atoms with Crippen LogP contribution in [0.3, 0.4) is 0 Å². The molecule has 0 saturated carbocycles. The van der Waals surface area contributed by atoms with Crippen molar-refractivity contribution in [2.45, 2.75) is 6.42 Å². The molecule has 0 aromatic carbocycles. The van der Waals surface area contributed by atoms with Crippen LogP contribution < -0.4 is 9.80 Å². The van der Waals surface area contributed by atoms with Gasteiger partial charge in [-0.25, -0.2) is 9.97 Å². The third kappa shape index (κ3) is 2.90. The van der Waals surface area contributed by atoms with Crippen molar-refractivity contribution in [3.63, 3.8) is 0 Å². The first-order chi connectivity index (χ1) is 11.4. The van der Waals surface area contributed by atoms with E-state index in [1.165, 1.54) is 0 Å². The van der Waals surface area contributed by atoms with Crippen molar-refractivity contribution in [3.05, 3.63) is 42.9 Å². The van der Waals surface area contributed by atoms with Gasteiger partial charge in [-0.1, -0.05) is 0 Å². The second-order valence-electron chi connectivity index (χ2n) is 5.48. The van der Waals surface area contributed by atoms with E-state index in [0.717, 1.165) is 49.8 Å². The van der Waals surface area contributed by atoms with Crippen molar-refractivity contribution in [1.29, 1.82) is 0 Å². The smallest absolute Gasteiger partial charge is 0.180 e. The molecule has 0 bridgehead atoms. The summed E-state index contributed by atoms with van der Waals surface area (Å²) in [7, 11) is 0. The first-order valence-electron chi connectivity index (χ1n) is 7.75. The number of fused-ring (bicyclic) bond motifs is 1. The molecule has 4 rings (SSSR count). The number of aromatic nitrogens is 5. The Labute approximate surface area is 134 Å². The third-order valence-electron chi connectivity index (χ3n) is 4.02. The quantitative estimate of drug-likeness (QED) is 0.711. The van der Waals surface area contributed by atoms with Crippen LogP contribution in [-0.4, -0.2) is 51.3 Å². The minimum Gasteiger partial charge on any atom is -0.355 e. The maximum absolute atomic E-state index is 4.64. The molecular weight excluding hydrogens is 290 g/mol. The van der Waals surface area contributed by atoms with Crippen LogP contribution in [0, 0.1) is 0 Å². The molecule has 1 aliphatic rings. The van der Waals surface area contributed by atoms with Gasteiger partial charge in [-0.15, -0.1) is 5.10 Å². The Kier molecular flexibility index (Phi) is 3.67. The van der Waals surface area contributed by atoms with Crippen molar-refractivity contribution in [1.82, 2.24) is 25.1 Å². The van der Waals surface area contributed by atoms with Gasteiger partial charge in [0, 0.05) is 44.8 Å². The lowest BCUT2D eigenvalue weighted by Gasteiger charge is -2.23. The Bertz CT molecular complexity index is 793. The zero-order valence-corrected chi connectivity index (χ0v) is 12.7. The van der Waals surface area contributed by atoms with Gasteiger partial charge in [0.1, 0.15) is 11.3 Å². The fourth-order valence-corrected chi connectivity index (χ4v) is 2.86. The third-order valence-corrected chi connectivity index (χ3v) is 4.02. The molecule has 0 N–H and O–H groups in total. The molecule has 1 aliphatic heterocycles. The van der Waals surface area contributed by atoms with E-state index < -0.39 is 0 Å². The second-order valence-corrected chi connectivity index (χ2v) is 5.48. The van der Waals surface area contributed by atoms with E-state index >= 15 is 0 Å². The molecule has 3 aromatic heterocycles. The molecule has 0 unspecified atom stereocenters. The highest BCUT2D eigenvalue weighted by molar-refractivity contribution is 5.71. The standard InChI is InChI=1S/C16H17N7/c1-3-15(21-19-6-1)23-10-2-9-22(11-12-23)14-5-4-13-16(20-14)18-8-7-17-13/h1,3-8H,2,9-12H2. The van der Waals surface area contributed by atoms with Crippen molar-refractivity contribution in [2.24, 2.45) is 0 Å². The second kappa shape index (κ2) is 6.12. The molecule has 0 spiro atoms. The van der Waals surface area contributed by atoms with E-state index in [2.05, 4.69) is 34.9 Å². The van der Waals surface area contributed by atoms with Crippen molar-refractivity contribution >= 4 is 22.8 Å². The number of anilines is 2. The normalized spacial score (nSPS) is 15.7. The molecule has 23 heavy (non-hydrogen) atoms. The fourth-order valence-electron chi connectivity index (χ4n) is 2.86. The summed E-state index contributed by atoms with van der Waals surface area (Å²) in [6, 6.07) is 7.94. The lowest BCUT2D eigenvalue weighted by molar-refractivity contribution is 0.785. The molecule has 0 atom stereocenters. The molecule has 7 nitrogen and oxygen atoms in total. The first-order valence-corrected chi connectivity index (χ1v) is 7.75. The van der Waals surface area contributed by atoms with E-state index in [-0.39, 0.29) is 0 Å². The maximum atomic E-state index is 4.64. The maximum Gasteiger partial charge on any atom is 0.180 e. The summed E-state index contributed by atoms with van der Waals surface area (Å²) < 4.78 is 0. The molecular formula is C16H17N7. The highest BCUT2D eigenvalue weighted by atomic mass is 15.3. The van der Waals surface area contributed by atoms with Gasteiger partial charge in [-0.2, -0.15) is 5.10 Å². The van der Waals surface area contributed by atoms with Crippen LogP contribution in [0.25, 0.3) is 11.2 Å². The summed E-state index contributed by atoms with van der Waals surface area (Å²) >= 11 is 0. The van der Waals surface area contributed by atoms with Gasteiger partial charge in [-0.05, 0) is 30.7 Å². The van der Waals surface area contributed by atoms with Crippen LogP contribution in [0.1, 0.15) is 6.42 Å². The number of pyridine rings is 1. The molecule has 0 amide bonds. The predicted octanol–water partition coefficient (Wildman–Crippen LogP) is 1.53. The van der Waals surface area contributed by atoms with Gasteiger partial charge in [-0.3, -0.25) is 4.98 Å². The van der Waals surface area contributed by atoms with Crippen LogP contribution in [0.15, 0.2) is 42.9 Å². The van der Waals surface area contributed by atoms with Crippen molar-refractivity contribution in [3.8, 4) is 0 Å². The Morgan fingerprint density at radius 2 is 1.61 bits per heavy atom. The lowest BCUT2D eigenvalue weighted by Crippen LogP contribution is -2.31. The largest absolute Gasteiger partial charge is 0.355 e. The summed E-state index contributed by atoms with van der Waals surface area (Å²) in [5.41, 5.74) is 1.52. The first kappa shape index (κ1) is 13.8. The molecule has 116 valence electrons. The highest BCUT2D eigenvalue weighted by Crippen LogP contribution is 2.18. The molecule has 1 saturated heterocycles. The summed E-state index contributed by atoms with van der Waals surface area (Å²) in [4.78, 5) is 17.8. The molecule has 0 aliphatic carbocycles. The highest BCUT2D eigenvalue weighted by Gasteiger charge is 2.17. The Morgan fingerprint density at radius 3 is 2.43 bits per heavy atom. The van der Waals surface area contributed by atoms with E-state index in [0.29, 0.717) is 5.65 Å². The van der Waals surface area contributed by atoms with E-state index in [9.17, 15) is 0 Å². The van der Waals surface area contributed by atoms with Gasteiger partial charge in [0.15, 0.2) is 11.5 Å². The lowest BCUT2D eigenvalue weighted by atomic mass is 10.3. The summed E-state index contributed by atoms with van der Waals surface area (Å²) in [5.74, 6) is 1.89. The van der Waals surface area contributed by atoms with E-state index in [4.69, 9.17) is 0 Å². The van der Waals surface area contributed by atoms with Crippen LogP contribution in [-0.2, 0) is 0 Å². The minimum atomic E-state index is 0.694. The van der Waals surface area contributed by atoms with Gasteiger partial charge < -0.3 is 9.80 Å². The minimum absolute atomic E-state index is 0.694. The van der Waals surface area contributed by atoms with Gasteiger partial charge in [0.25, 0.3) is 0 Å². The Hall–Kier alpha value is -2.83. The van der Waals surface area contributed by atoms with Crippen LogP contribution >= 0.6 is 0 Å². The average Bonchev–Trinajstić information content (AvgIpc) is 2.88. The van der Waals surface area contributed by atoms with Crippen LogP contribution in [0.5, 0.6) is 0 Å². The Morgan fingerprint density at radius 1 is 0.783 bits per heavy atom. The van der Waals surface area contributed by atoms with E-state index in [1.54, 1.807) is 18.6 Å². The number of rotatable bonds is 2. The molecule has 3 aromatic rings.